The van der Waals surface area contributed by atoms with Crippen molar-refractivity contribution in [2.24, 2.45) is 0 Å². The first-order valence-corrected chi connectivity index (χ1v) is 8.07. The Balaban J connectivity index is 1.62. The molecule has 0 spiro atoms. The largest absolute Gasteiger partial charge is 0.497 e. The van der Waals surface area contributed by atoms with E-state index in [1.807, 2.05) is 24.3 Å². The van der Waals surface area contributed by atoms with Crippen molar-refractivity contribution >= 4 is 11.7 Å². The molecule has 0 amide bonds. The summed E-state index contributed by atoms with van der Waals surface area (Å²) in [6.07, 6.45) is 3.05. The first-order valence-electron chi connectivity index (χ1n) is 8.07. The van der Waals surface area contributed by atoms with Gasteiger partial charge in [0, 0.05) is 24.5 Å². The Bertz CT molecular complexity index is 860. The van der Waals surface area contributed by atoms with E-state index in [9.17, 15) is 4.79 Å². The Morgan fingerprint density at radius 2 is 1.38 bits per heavy atom. The molecular formula is C20H19N3O3. The van der Waals surface area contributed by atoms with E-state index in [1.54, 1.807) is 38.5 Å². The molecule has 132 valence electrons. The summed E-state index contributed by atoms with van der Waals surface area (Å²) in [6.45, 7) is 0.579. The molecule has 0 radical (unpaired) electrons. The molecule has 2 aromatic carbocycles. The van der Waals surface area contributed by atoms with Crippen molar-refractivity contribution in [2.45, 2.75) is 6.54 Å². The number of ketones is 1. The molecule has 0 aliphatic rings. The van der Waals surface area contributed by atoms with Crippen molar-refractivity contribution < 1.29 is 14.3 Å². The van der Waals surface area contributed by atoms with Crippen molar-refractivity contribution in [3.8, 4) is 11.5 Å². The van der Waals surface area contributed by atoms with Crippen molar-refractivity contribution in [1.29, 1.82) is 0 Å². The lowest BCUT2D eigenvalue weighted by Crippen LogP contribution is -2.07. The lowest BCUT2D eigenvalue weighted by Gasteiger charge is -2.07. The number of hydrogen-bond acceptors (Lipinski definition) is 6. The molecule has 26 heavy (non-hydrogen) atoms. The minimum absolute atomic E-state index is 0.130. The van der Waals surface area contributed by atoms with Crippen molar-refractivity contribution in [1.82, 2.24) is 9.97 Å². The Morgan fingerprint density at radius 1 is 0.846 bits per heavy atom. The second-order valence-corrected chi connectivity index (χ2v) is 5.55. The van der Waals surface area contributed by atoms with Gasteiger partial charge in [0.25, 0.3) is 0 Å². The molecule has 0 aliphatic carbocycles. The molecule has 0 aliphatic heterocycles. The zero-order valence-corrected chi connectivity index (χ0v) is 14.6. The normalized spacial score (nSPS) is 10.2. The maximum Gasteiger partial charge on any atom is 0.222 e. The summed E-state index contributed by atoms with van der Waals surface area (Å²) in [5, 5.41) is 3.13. The van der Waals surface area contributed by atoms with Crippen molar-refractivity contribution in [3.63, 3.8) is 0 Å². The Hall–Kier alpha value is -3.41. The predicted octanol–water partition coefficient (Wildman–Crippen LogP) is 3.34. The first-order chi connectivity index (χ1) is 12.7. The van der Waals surface area contributed by atoms with Gasteiger partial charge < -0.3 is 14.8 Å². The highest BCUT2D eigenvalue weighted by molar-refractivity contribution is 6.08. The summed E-state index contributed by atoms with van der Waals surface area (Å²) < 4.78 is 10.2. The third-order valence-electron chi connectivity index (χ3n) is 3.88. The Labute approximate surface area is 151 Å². The van der Waals surface area contributed by atoms with Crippen LogP contribution in [0, 0.1) is 0 Å². The molecule has 0 saturated carbocycles. The number of hydrogen-bond donors (Lipinski definition) is 1. The van der Waals surface area contributed by atoms with Crippen molar-refractivity contribution in [3.05, 3.63) is 77.6 Å². The maximum atomic E-state index is 12.4. The number of anilines is 1. The van der Waals surface area contributed by atoms with Gasteiger partial charge in [0.05, 0.1) is 19.8 Å². The van der Waals surface area contributed by atoms with Gasteiger partial charge in [-0.05, 0) is 42.0 Å². The smallest absolute Gasteiger partial charge is 0.222 e. The van der Waals surface area contributed by atoms with Gasteiger partial charge in [0.2, 0.25) is 5.95 Å². The minimum Gasteiger partial charge on any atom is -0.497 e. The number of methoxy groups -OCH3 is 2. The highest BCUT2D eigenvalue weighted by Crippen LogP contribution is 2.15. The zero-order valence-electron chi connectivity index (χ0n) is 14.6. The van der Waals surface area contributed by atoms with E-state index >= 15 is 0 Å². The van der Waals surface area contributed by atoms with Gasteiger partial charge in [-0.2, -0.15) is 0 Å². The molecule has 1 heterocycles. The number of carbonyl (C=O) groups excluding carboxylic acids is 1. The van der Waals surface area contributed by atoms with Crippen LogP contribution < -0.4 is 14.8 Å². The molecule has 3 aromatic rings. The van der Waals surface area contributed by atoms with E-state index < -0.39 is 0 Å². The minimum atomic E-state index is -0.130. The molecule has 3 rings (SSSR count). The summed E-state index contributed by atoms with van der Waals surface area (Å²) in [7, 11) is 3.22. The van der Waals surface area contributed by atoms with Gasteiger partial charge >= 0.3 is 0 Å². The lowest BCUT2D eigenvalue weighted by atomic mass is 10.1. The van der Waals surface area contributed by atoms with Crippen LogP contribution in [0.5, 0.6) is 11.5 Å². The fourth-order valence-corrected chi connectivity index (χ4v) is 2.37. The molecule has 0 unspecified atom stereocenters. The molecule has 1 aromatic heterocycles. The van der Waals surface area contributed by atoms with Gasteiger partial charge in [0.1, 0.15) is 11.5 Å². The fraction of sp³-hybridized carbons (Fsp3) is 0.150. The highest BCUT2D eigenvalue weighted by atomic mass is 16.5. The van der Waals surface area contributed by atoms with Gasteiger partial charge in [-0.25, -0.2) is 9.97 Å². The standard InChI is InChI=1S/C20H19N3O3/c1-25-17-7-3-14(4-8-17)11-21-20-22-12-16(13-23-20)19(24)15-5-9-18(26-2)10-6-15/h3-10,12-13H,11H2,1-2H3,(H,21,22,23). The number of rotatable bonds is 7. The Morgan fingerprint density at radius 3 is 1.92 bits per heavy atom. The van der Waals surface area contributed by atoms with Crippen LogP contribution in [-0.2, 0) is 6.54 Å². The number of ether oxygens (including phenoxy) is 2. The third-order valence-corrected chi connectivity index (χ3v) is 3.88. The average molecular weight is 349 g/mol. The van der Waals surface area contributed by atoms with E-state index in [-0.39, 0.29) is 5.78 Å². The van der Waals surface area contributed by atoms with E-state index in [4.69, 9.17) is 9.47 Å². The predicted molar refractivity (Wildman–Crippen MR) is 98.8 cm³/mol. The summed E-state index contributed by atoms with van der Waals surface area (Å²) in [6, 6.07) is 14.7. The van der Waals surface area contributed by atoms with E-state index in [0.29, 0.717) is 29.4 Å². The molecule has 0 saturated heterocycles. The monoisotopic (exact) mass is 349 g/mol. The molecule has 1 N–H and O–H groups in total. The summed E-state index contributed by atoms with van der Waals surface area (Å²) in [5.41, 5.74) is 2.08. The van der Waals surface area contributed by atoms with Gasteiger partial charge in [-0.1, -0.05) is 12.1 Å². The SMILES string of the molecule is COc1ccc(CNc2ncc(C(=O)c3ccc(OC)cc3)cn2)cc1. The maximum absolute atomic E-state index is 12.4. The average Bonchev–Trinajstić information content (AvgIpc) is 2.72. The number of aromatic nitrogens is 2. The number of benzene rings is 2. The number of carbonyl (C=O) groups is 1. The summed E-state index contributed by atoms with van der Waals surface area (Å²) in [5.74, 6) is 1.85. The molecule has 0 fully saturated rings. The molecule has 6 nitrogen and oxygen atoms in total. The number of nitrogens with zero attached hydrogens (tertiary/aromatic N) is 2. The van der Waals surface area contributed by atoms with Crippen LogP contribution in [-0.4, -0.2) is 30.0 Å². The van der Waals surface area contributed by atoms with Gasteiger partial charge in [-0.15, -0.1) is 0 Å². The van der Waals surface area contributed by atoms with Crippen LogP contribution in [0.1, 0.15) is 21.5 Å². The first kappa shape index (κ1) is 17.4. The van der Waals surface area contributed by atoms with E-state index in [0.717, 1.165) is 11.3 Å². The fourth-order valence-electron chi connectivity index (χ4n) is 2.37. The molecule has 0 bridgehead atoms. The van der Waals surface area contributed by atoms with Crippen LogP contribution in [0.2, 0.25) is 0 Å². The molecule has 0 atom stereocenters. The quantitative estimate of drug-likeness (QED) is 0.660. The van der Waals surface area contributed by atoms with Crippen LogP contribution in [0.25, 0.3) is 0 Å². The van der Waals surface area contributed by atoms with Crippen LogP contribution >= 0.6 is 0 Å². The second-order valence-electron chi connectivity index (χ2n) is 5.55. The molecular weight excluding hydrogens is 330 g/mol. The molecule has 6 heteroatoms. The van der Waals surface area contributed by atoms with Crippen LogP contribution in [0.3, 0.4) is 0 Å². The summed E-state index contributed by atoms with van der Waals surface area (Å²) >= 11 is 0. The van der Waals surface area contributed by atoms with E-state index in [1.165, 1.54) is 12.4 Å². The van der Waals surface area contributed by atoms with Gasteiger partial charge in [-0.3, -0.25) is 4.79 Å². The van der Waals surface area contributed by atoms with Crippen molar-refractivity contribution in [2.75, 3.05) is 19.5 Å². The third kappa shape index (κ3) is 4.16. The van der Waals surface area contributed by atoms with E-state index in [2.05, 4.69) is 15.3 Å². The van der Waals surface area contributed by atoms with Crippen LogP contribution in [0.15, 0.2) is 60.9 Å². The lowest BCUT2D eigenvalue weighted by molar-refractivity contribution is 0.103. The highest BCUT2D eigenvalue weighted by Gasteiger charge is 2.10. The van der Waals surface area contributed by atoms with Crippen LogP contribution in [0.4, 0.5) is 5.95 Å². The summed E-state index contributed by atoms with van der Waals surface area (Å²) in [4.78, 5) is 20.9. The number of nitrogens with one attached hydrogen (secondary N) is 1. The Kier molecular flexibility index (Phi) is 5.43. The second kappa shape index (κ2) is 8.11. The topological polar surface area (TPSA) is 73.3 Å². The zero-order chi connectivity index (χ0) is 18.4. The van der Waals surface area contributed by atoms with Gasteiger partial charge in [0.15, 0.2) is 5.78 Å².